The van der Waals surface area contributed by atoms with E-state index in [9.17, 15) is 4.79 Å². The van der Waals surface area contributed by atoms with Gasteiger partial charge in [0.2, 0.25) is 5.91 Å². The van der Waals surface area contributed by atoms with Crippen LogP contribution in [0, 0.1) is 11.3 Å². The lowest BCUT2D eigenvalue weighted by Crippen LogP contribution is -2.37. The number of carbonyl (C=O) groups excluding carboxylic acids is 1. The summed E-state index contributed by atoms with van der Waals surface area (Å²) in [6.45, 7) is 5.98. The highest BCUT2D eigenvalue weighted by atomic mass is 16.1. The average Bonchev–Trinajstić information content (AvgIpc) is 2.35. The van der Waals surface area contributed by atoms with Gasteiger partial charge in [-0.05, 0) is 25.7 Å². The van der Waals surface area contributed by atoms with Crippen LogP contribution in [0.4, 0.5) is 0 Å². The molecule has 12 heavy (non-hydrogen) atoms. The van der Waals surface area contributed by atoms with E-state index in [0.29, 0.717) is 5.92 Å². The first kappa shape index (κ1) is 9.30. The van der Waals surface area contributed by atoms with Gasteiger partial charge in [0, 0.05) is 5.41 Å². The molecule has 0 aromatic rings. The number of hydrogen-bond acceptors (Lipinski definition) is 1. The standard InChI is InChI=1S/C10H17NO/c1-7-4-5-8(6-7)10(2,3)9(11)12/h4,8H,5-6H2,1-3H3,(H2,11,12). The Bertz CT molecular complexity index is 228. The molecule has 0 saturated heterocycles. The summed E-state index contributed by atoms with van der Waals surface area (Å²) in [4.78, 5) is 11.1. The van der Waals surface area contributed by atoms with Crippen molar-refractivity contribution in [3.05, 3.63) is 11.6 Å². The Morgan fingerprint density at radius 2 is 2.25 bits per heavy atom. The van der Waals surface area contributed by atoms with Gasteiger partial charge in [-0.3, -0.25) is 4.79 Å². The number of carbonyl (C=O) groups is 1. The van der Waals surface area contributed by atoms with Gasteiger partial charge in [-0.1, -0.05) is 25.5 Å². The zero-order valence-corrected chi connectivity index (χ0v) is 8.05. The topological polar surface area (TPSA) is 43.1 Å². The smallest absolute Gasteiger partial charge is 0.223 e. The highest BCUT2D eigenvalue weighted by Crippen LogP contribution is 2.38. The summed E-state index contributed by atoms with van der Waals surface area (Å²) in [7, 11) is 0. The van der Waals surface area contributed by atoms with Crippen molar-refractivity contribution < 1.29 is 4.79 Å². The highest BCUT2D eigenvalue weighted by Gasteiger charge is 2.36. The molecule has 2 heteroatoms. The second-order valence-corrected chi connectivity index (χ2v) is 4.27. The molecule has 0 aromatic carbocycles. The van der Waals surface area contributed by atoms with Crippen molar-refractivity contribution in [2.75, 3.05) is 0 Å². The van der Waals surface area contributed by atoms with Crippen LogP contribution in [0.2, 0.25) is 0 Å². The van der Waals surface area contributed by atoms with Crippen LogP contribution < -0.4 is 5.73 Å². The molecule has 68 valence electrons. The van der Waals surface area contributed by atoms with Gasteiger partial charge in [-0.15, -0.1) is 0 Å². The molecule has 0 aliphatic heterocycles. The van der Waals surface area contributed by atoms with E-state index in [1.807, 2.05) is 13.8 Å². The van der Waals surface area contributed by atoms with Crippen LogP contribution in [-0.2, 0) is 4.79 Å². The third-order valence-electron chi connectivity index (χ3n) is 2.97. The van der Waals surface area contributed by atoms with Crippen molar-refractivity contribution in [1.82, 2.24) is 0 Å². The molecule has 1 aliphatic rings. The van der Waals surface area contributed by atoms with Gasteiger partial charge in [0.05, 0.1) is 0 Å². The quantitative estimate of drug-likeness (QED) is 0.627. The second-order valence-electron chi connectivity index (χ2n) is 4.27. The van der Waals surface area contributed by atoms with Crippen LogP contribution in [0.5, 0.6) is 0 Å². The number of hydrogen-bond donors (Lipinski definition) is 1. The summed E-state index contributed by atoms with van der Waals surface area (Å²) < 4.78 is 0. The van der Waals surface area contributed by atoms with Crippen LogP contribution in [0.25, 0.3) is 0 Å². The van der Waals surface area contributed by atoms with Crippen molar-refractivity contribution in [2.45, 2.75) is 33.6 Å². The van der Waals surface area contributed by atoms with Crippen LogP contribution >= 0.6 is 0 Å². The molecule has 0 saturated carbocycles. The van der Waals surface area contributed by atoms with Crippen molar-refractivity contribution in [2.24, 2.45) is 17.1 Å². The van der Waals surface area contributed by atoms with Crippen molar-refractivity contribution in [3.63, 3.8) is 0 Å². The molecule has 1 amide bonds. The lowest BCUT2D eigenvalue weighted by atomic mass is 9.76. The molecule has 1 rings (SSSR count). The lowest BCUT2D eigenvalue weighted by molar-refractivity contribution is -0.128. The Labute approximate surface area is 73.8 Å². The molecule has 1 aliphatic carbocycles. The summed E-state index contributed by atoms with van der Waals surface area (Å²) in [6.07, 6.45) is 4.23. The minimum absolute atomic E-state index is 0.185. The number of allylic oxidation sites excluding steroid dienone is 2. The fraction of sp³-hybridized carbons (Fsp3) is 0.700. The van der Waals surface area contributed by atoms with Crippen molar-refractivity contribution in [3.8, 4) is 0 Å². The van der Waals surface area contributed by atoms with E-state index in [2.05, 4.69) is 13.0 Å². The SMILES string of the molecule is CC1=CCC(C(C)(C)C(N)=O)C1. The summed E-state index contributed by atoms with van der Waals surface area (Å²) in [5.74, 6) is 0.227. The lowest BCUT2D eigenvalue weighted by Gasteiger charge is -2.28. The molecule has 1 atom stereocenters. The molecule has 0 spiro atoms. The summed E-state index contributed by atoms with van der Waals surface area (Å²) >= 11 is 0. The molecule has 0 aromatic heterocycles. The number of rotatable bonds is 2. The number of amides is 1. The minimum Gasteiger partial charge on any atom is -0.369 e. The van der Waals surface area contributed by atoms with Gasteiger partial charge >= 0.3 is 0 Å². The van der Waals surface area contributed by atoms with E-state index in [-0.39, 0.29) is 11.3 Å². The molecule has 2 N–H and O–H groups in total. The average molecular weight is 167 g/mol. The maximum atomic E-state index is 11.1. The Kier molecular flexibility index (Phi) is 2.27. The fourth-order valence-electron chi connectivity index (χ4n) is 1.65. The van der Waals surface area contributed by atoms with E-state index >= 15 is 0 Å². The van der Waals surface area contributed by atoms with Gasteiger partial charge in [-0.25, -0.2) is 0 Å². The van der Waals surface area contributed by atoms with E-state index in [1.54, 1.807) is 0 Å². The normalized spacial score (nSPS) is 23.9. The molecule has 0 heterocycles. The predicted octanol–water partition coefficient (Wildman–Crippen LogP) is 1.85. The first-order valence-corrected chi connectivity index (χ1v) is 4.40. The third kappa shape index (κ3) is 1.52. The molecular formula is C10H17NO. The Morgan fingerprint density at radius 1 is 1.67 bits per heavy atom. The summed E-state index contributed by atoms with van der Waals surface area (Å²) in [6, 6.07) is 0. The van der Waals surface area contributed by atoms with Crippen LogP contribution in [0.15, 0.2) is 11.6 Å². The Hall–Kier alpha value is -0.790. The minimum atomic E-state index is -0.353. The molecule has 2 nitrogen and oxygen atoms in total. The number of nitrogens with two attached hydrogens (primary N) is 1. The molecule has 1 unspecified atom stereocenters. The van der Waals surface area contributed by atoms with Crippen LogP contribution in [0.3, 0.4) is 0 Å². The van der Waals surface area contributed by atoms with Gasteiger partial charge in [-0.2, -0.15) is 0 Å². The first-order valence-electron chi connectivity index (χ1n) is 4.40. The molecular weight excluding hydrogens is 150 g/mol. The predicted molar refractivity (Wildman–Crippen MR) is 49.5 cm³/mol. The van der Waals surface area contributed by atoms with Crippen LogP contribution in [0.1, 0.15) is 33.6 Å². The fourth-order valence-corrected chi connectivity index (χ4v) is 1.65. The Balaban J connectivity index is 2.67. The zero-order chi connectivity index (χ0) is 9.35. The van der Waals surface area contributed by atoms with Gasteiger partial charge in [0.15, 0.2) is 0 Å². The van der Waals surface area contributed by atoms with Crippen molar-refractivity contribution >= 4 is 5.91 Å². The second kappa shape index (κ2) is 2.92. The maximum absolute atomic E-state index is 11.1. The highest BCUT2D eigenvalue weighted by molar-refractivity contribution is 5.80. The molecule has 0 radical (unpaired) electrons. The van der Waals surface area contributed by atoms with E-state index in [0.717, 1.165) is 12.8 Å². The summed E-state index contributed by atoms with van der Waals surface area (Å²) in [5.41, 5.74) is 6.36. The Morgan fingerprint density at radius 3 is 2.58 bits per heavy atom. The monoisotopic (exact) mass is 167 g/mol. The van der Waals surface area contributed by atoms with E-state index < -0.39 is 0 Å². The zero-order valence-electron chi connectivity index (χ0n) is 8.05. The largest absolute Gasteiger partial charge is 0.369 e. The van der Waals surface area contributed by atoms with Crippen molar-refractivity contribution in [1.29, 1.82) is 0 Å². The van der Waals surface area contributed by atoms with Gasteiger partial charge in [0.1, 0.15) is 0 Å². The summed E-state index contributed by atoms with van der Waals surface area (Å²) in [5, 5.41) is 0. The number of primary amides is 1. The molecule has 0 bridgehead atoms. The van der Waals surface area contributed by atoms with Gasteiger partial charge in [0.25, 0.3) is 0 Å². The van der Waals surface area contributed by atoms with Crippen LogP contribution in [-0.4, -0.2) is 5.91 Å². The van der Waals surface area contributed by atoms with Gasteiger partial charge < -0.3 is 5.73 Å². The molecule has 0 fully saturated rings. The van der Waals surface area contributed by atoms with E-state index in [4.69, 9.17) is 5.73 Å². The first-order chi connectivity index (χ1) is 5.44. The maximum Gasteiger partial charge on any atom is 0.223 e. The third-order valence-corrected chi connectivity index (χ3v) is 2.97. The van der Waals surface area contributed by atoms with E-state index in [1.165, 1.54) is 5.57 Å².